The Morgan fingerprint density at radius 2 is 1.80 bits per heavy atom. The third-order valence-corrected chi connectivity index (χ3v) is 6.43. The lowest BCUT2D eigenvalue weighted by atomic mass is 9.88. The summed E-state index contributed by atoms with van der Waals surface area (Å²) in [4.78, 5) is 8.55. The van der Waals surface area contributed by atoms with Gasteiger partial charge in [-0.05, 0) is 54.7 Å². The normalized spacial score (nSPS) is 22.5. The molecule has 1 aliphatic rings. The van der Waals surface area contributed by atoms with Gasteiger partial charge < -0.3 is 15.5 Å². The first-order chi connectivity index (χ1) is 16.7. The second-order valence-electron chi connectivity index (χ2n) is 8.70. The van der Waals surface area contributed by atoms with E-state index in [1.807, 2.05) is 0 Å². The maximum absolute atomic E-state index is 13.5. The number of nitrogens with one attached hydrogen (secondary N) is 1. The molecule has 186 valence electrons. The summed E-state index contributed by atoms with van der Waals surface area (Å²) in [6.07, 6.45) is -3.15. The van der Waals surface area contributed by atoms with E-state index in [1.54, 1.807) is 6.07 Å². The zero-order chi connectivity index (χ0) is 25.2. The first-order valence-corrected chi connectivity index (χ1v) is 11.1. The Morgan fingerprint density at radius 3 is 2.51 bits per heavy atom. The molecule has 0 unspecified atom stereocenters. The Kier molecular flexibility index (Phi) is 7.44. The molecule has 4 rings (SSSR count). The van der Waals surface area contributed by atoms with Crippen LogP contribution in [0.3, 0.4) is 0 Å². The summed E-state index contributed by atoms with van der Waals surface area (Å²) in [5.74, 6) is -2.47. The molecule has 0 saturated heterocycles. The van der Waals surface area contributed by atoms with E-state index in [9.17, 15) is 32.2 Å². The van der Waals surface area contributed by atoms with E-state index in [4.69, 9.17) is 0 Å². The molecule has 3 aromatic rings. The Labute approximate surface area is 198 Å². The van der Waals surface area contributed by atoms with E-state index in [2.05, 4.69) is 15.3 Å². The van der Waals surface area contributed by atoms with Crippen molar-refractivity contribution in [3.8, 4) is 11.4 Å². The first kappa shape index (κ1) is 25.2. The van der Waals surface area contributed by atoms with Gasteiger partial charge in [-0.3, -0.25) is 0 Å². The third-order valence-electron chi connectivity index (χ3n) is 6.43. The topological polar surface area (TPSA) is 78.3 Å². The summed E-state index contributed by atoms with van der Waals surface area (Å²) < 4.78 is 66.0. The van der Waals surface area contributed by atoms with E-state index in [0.29, 0.717) is 24.1 Å². The maximum atomic E-state index is 13.5. The molecule has 1 aliphatic carbocycles. The molecule has 35 heavy (non-hydrogen) atoms. The van der Waals surface area contributed by atoms with Crippen molar-refractivity contribution in [1.29, 1.82) is 0 Å². The average molecular weight is 493 g/mol. The highest BCUT2D eigenvalue weighted by molar-refractivity contribution is 5.56. The van der Waals surface area contributed by atoms with Gasteiger partial charge >= 0.3 is 6.18 Å². The Morgan fingerprint density at radius 1 is 1.00 bits per heavy atom. The monoisotopic (exact) mass is 493 g/mol. The molecule has 0 radical (unpaired) electrons. The van der Waals surface area contributed by atoms with E-state index in [1.165, 1.54) is 24.4 Å². The van der Waals surface area contributed by atoms with Gasteiger partial charge in [0.2, 0.25) is 0 Å². The number of hydrogen-bond acceptors (Lipinski definition) is 5. The smallest absolute Gasteiger partial charge is 0.396 e. The summed E-state index contributed by atoms with van der Waals surface area (Å²) in [6, 6.07) is 9.73. The summed E-state index contributed by atoms with van der Waals surface area (Å²) in [5.41, 5.74) is 0.493. The molecule has 3 N–H and O–H groups in total. The van der Waals surface area contributed by atoms with Gasteiger partial charge in [0.15, 0.2) is 17.5 Å². The van der Waals surface area contributed by atoms with E-state index >= 15 is 0 Å². The Hall–Kier alpha value is -2.95. The number of aliphatic hydroxyl groups is 2. The van der Waals surface area contributed by atoms with Crippen LogP contribution in [0.25, 0.3) is 11.4 Å². The molecule has 2 aromatic carbocycles. The quantitative estimate of drug-likeness (QED) is 0.432. The van der Waals surface area contributed by atoms with Crippen molar-refractivity contribution in [3.63, 3.8) is 0 Å². The predicted molar refractivity (Wildman–Crippen MR) is 118 cm³/mol. The number of rotatable bonds is 7. The van der Waals surface area contributed by atoms with Crippen molar-refractivity contribution in [1.82, 2.24) is 15.3 Å². The van der Waals surface area contributed by atoms with Gasteiger partial charge in [0.25, 0.3) is 0 Å². The van der Waals surface area contributed by atoms with Crippen molar-refractivity contribution in [2.24, 2.45) is 11.8 Å². The van der Waals surface area contributed by atoms with Gasteiger partial charge in [0, 0.05) is 42.6 Å². The minimum absolute atomic E-state index is 0.138. The van der Waals surface area contributed by atoms with Gasteiger partial charge in [0.05, 0.1) is 11.7 Å². The molecule has 0 aliphatic heterocycles. The fourth-order valence-electron chi connectivity index (χ4n) is 4.60. The maximum Gasteiger partial charge on any atom is 0.416 e. The van der Waals surface area contributed by atoms with Crippen LogP contribution in [0.1, 0.15) is 23.2 Å². The molecule has 1 fully saturated rings. The molecule has 0 amide bonds. The number of benzene rings is 2. The number of alkyl halides is 3. The highest BCUT2D eigenvalue weighted by Crippen LogP contribution is 2.35. The van der Waals surface area contributed by atoms with Crippen LogP contribution in [0.5, 0.6) is 0 Å². The van der Waals surface area contributed by atoms with Crippen LogP contribution in [-0.4, -0.2) is 38.9 Å². The van der Waals surface area contributed by atoms with Gasteiger partial charge in [0.1, 0.15) is 0 Å². The highest BCUT2D eigenvalue weighted by atomic mass is 19.4. The van der Waals surface area contributed by atoms with Crippen molar-refractivity contribution >= 4 is 0 Å². The van der Waals surface area contributed by atoms with Gasteiger partial charge in [-0.1, -0.05) is 18.2 Å². The largest absolute Gasteiger partial charge is 0.416 e. The third kappa shape index (κ3) is 5.83. The Bertz CT molecular complexity index is 1170. The molecule has 10 heteroatoms. The molecule has 5 nitrogen and oxygen atoms in total. The first-order valence-electron chi connectivity index (χ1n) is 11.1. The van der Waals surface area contributed by atoms with Crippen LogP contribution in [0, 0.1) is 23.5 Å². The minimum Gasteiger partial charge on any atom is -0.396 e. The highest BCUT2D eigenvalue weighted by Gasteiger charge is 2.42. The molecular formula is C25H24F5N3O2. The van der Waals surface area contributed by atoms with Crippen LogP contribution in [0.15, 0.2) is 54.7 Å². The fraction of sp³-hybridized carbons (Fsp3) is 0.360. The van der Waals surface area contributed by atoms with Crippen LogP contribution >= 0.6 is 0 Å². The van der Waals surface area contributed by atoms with E-state index in [-0.39, 0.29) is 36.5 Å². The van der Waals surface area contributed by atoms with E-state index in [0.717, 1.165) is 24.3 Å². The van der Waals surface area contributed by atoms with Crippen molar-refractivity contribution in [2.45, 2.75) is 37.7 Å². The second kappa shape index (κ2) is 10.3. The van der Waals surface area contributed by atoms with E-state index < -0.39 is 35.4 Å². The van der Waals surface area contributed by atoms with Gasteiger partial charge in [-0.15, -0.1) is 0 Å². The molecule has 1 saturated carbocycles. The molecule has 1 heterocycles. The van der Waals surface area contributed by atoms with Gasteiger partial charge in [-0.2, -0.15) is 13.2 Å². The summed E-state index contributed by atoms with van der Waals surface area (Å²) >= 11 is 0. The zero-order valence-electron chi connectivity index (χ0n) is 18.5. The lowest BCUT2D eigenvalue weighted by molar-refractivity contribution is -0.137. The fourth-order valence-corrected chi connectivity index (χ4v) is 4.60. The van der Waals surface area contributed by atoms with Crippen molar-refractivity contribution in [3.05, 3.63) is 83.2 Å². The number of halogens is 5. The SMILES string of the molecule is OC[C@@H]1[C@@H](Cc2ccnc(-c3cccc(C(F)(F)F)c3)n2)[C@H](NCc2ccc(F)c(F)c2)C[C@H]1O. The van der Waals surface area contributed by atoms with Crippen LogP contribution in [0.2, 0.25) is 0 Å². The lowest BCUT2D eigenvalue weighted by Gasteiger charge is -2.25. The predicted octanol–water partition coefficient (Wildman–Crippen LogP) is 4.13. The molecule has 4 atom stereocenters. The number of nitrogens with zero attached hydrogens (tertiary/aromatic N) is 2. The van der Waals surface area contributed by atoms with Crippen LogP contribution < -0.4 is 5.32 Å². The number of hydrogen-bond donors (Lipinski definition) is 3. The lowest BCUT2D eigenvalue weighted by Crippen LogP contribution is -2.36. The van der Waals surface area contributed by atoms with Crippen LogP contribution in [0.4, 0.5) is 22.0 Å². The summed E-state index contributed by atoms with van der Waals surface area (Å²) in [7, 11) is 0. The zero-order valence-corrected chi connectivity index (χ0v) is 18.5. The molecule has 0 bridgehead atoms. The standard InChI is InChI=1S/C25H24F5N3O2/c26-20-5-4-14(8-21(20)27)12-32-22-11-23(35)19(13-34)18(22)10-17-6-7-31-24(33-17)15-2-1-3-16(9-15)25(28,29)30/h1-9,18-19,22-23,32,34-35H,10-13H2/t18-,19-,22-,23-/m1/s1. The summed E-state index contributed by atoms with van der Waals surface area (Å²) in [5, 5.41) is 23.6. The summed E-state index contributed by atoms with van der Waals surface area (Å²) in [6.45, 7) is -0.0384. The van der Waals surface area contributed by atoms with Crippen molar-refractivity contribution in [2.75, 3.05) is 6.61 Å². The molecular weight excluding hydrogens is 469 g/mol. The van der Waals surface area contributed by atoms with Crippen molar-refractivity contribution < 1.29 is 32.2 Å². The Balaban J connectivity index is 1.53. The average Bonchev–Trinajstić information content (AvgIpc) is 3.13. The minimum atomic E-state index is -4.49. The number of aliphatic hydroxyl groups excluding tert-OH is 2. The second-order valence-corrected chi connectivity index (χ2v) is 8.70. The molecule has 1 aromatic heterocycles. The van der Waals surface area contributed by atoms with Crippen LogP contribution in [-0.2, 0) is 19.1 Å². The van der Waals surface area contributed by atoms with Gasteiger partial charge in [-0.25, -0.2) is 18.7 Å². The molecule has 0 spiro atoms. The number of aromatic nitrogens is 2.